The molecule has 2 heterocycles. The first-order valence-corrected chi connectivity index (χ1v) is 6.87. The second-order valence-electron chi connectivity index (χ2n) is 4.53. The minimum absolute atomic E-state index is 0.656. The van der Waals surface area contributed by atoms with E-state index in [4.69, 9.17) is 9.72 Å². The molecule has 18 heavy (non-hydrogen) atoms. The lowest BCUT2D eigenvalue weighted by Crippen LogP contribution is -2.14. The average Bonchev–Trinajstić information content (AvgIpc) is 2.41. The number of hydrogen-bond acceptors (Lipinski definition) is 3. The molecule has 0 saturated carbocycles. The van der Waals surface area contributed by atoms with Crippen molar-refractivity contribution >= 4 is 32.5 Å². The first kappa shape index (κ1) is 11.9. The molecule has 0 bridgehead atoms. The number of ether oxygens (including phenoxy) is 1. The van der Waals surface area contributed by atoms with Crippen LogP contribution in [0.5, 0.6) is 0 Å². The molecular weight excluding hydrogens is 292 g/mol. The third-order valence-corrected chi connectivity index (χ3v) is 4.37. The number of fused-ring (bicyclic) bond motifs is 2. The van der Waals surface area contributed by atoms with Gasteiger partial charge < -0.3 is 10.1 Å². The molecule has 0 fully saturated rings. The van der Waals surface area contributed by atoms with Gasteiger partial charge in [0.05, 0.1) is 30.1 Å². The summed E-state index contributed by atoms with van der Waals surface area (Å²) in [4.78, 5) is 4.83. The summed E-state index contributed by atoms with van der Waals surface area (Å²) in [6.45, 7) is 3.52. The van der Waals surface area contributed by atoms with Gasteiger partial charge in [-0.1, -0.05) is 15.9 Å². The van der Waals surface area contributed by atoms with Crippen LogP contribution in [0.4, 0.5) is 5.69 Å². The number of rotatable bonds is 1. The van der Waals surface area contributed by atoms with Gasteiger partial charge in [-0.3, -0.25) is 4.98 Å². The maximum absolute atomic E-state index is 5.55. The number of aromatic nitrogens is 1. The average molecular weight is 307 g/mol. The van der Waals surface area contributed by atoms with Gasteiger partial charge in [-0.15, -0.1) is 0 Å². The second kappa shape index (κ2) is 4.52. The van der Waals surface area contributed by atoms with Crippen LogP contribution in [-0.2, 0) is 17.8 Å². The van der Waals surface area contributed by atoms with Crippen molar-refractivity contribution in [2.24, 2.45) is 0 Å². The Hall–Kier alpha value is -1.13. The molecular formula is C14H15BrN2O. The maximum Gasteiger partial charge on any atom is 0.0766 e. The van der Waals surface area contributed by atoms with Crippen LogP contribution in [0.2, 0.25) is 0 Å². The molecule has 4 heteroatoms. The largest absolute Gasteiger partial charge is 0.387 e. The van der Waals surface area contributed by atoms with E-state index in [0.29, 0.717) is 6.61 Å². The van der Waals surface area contributed by atoms with Crippen LogP contribution in [0.1, 0.15) is 16.8 Å². The van der Waals surface area contributed by atoms with E-state index in [9.17, 15) is 0 Å². The third-order valence-electron chi connectivity index (χ3n) is 3.51. The van der Waals surface area contributed by atoms with Crippen LogP contribution in [-0.4, -0.2) is 18.6 Å². The summed E-state index contributed by atoms with van der Waals surface area (Å²) in [5.74, 6) is 0. The lowest BCUT2D eigenvalue weighted by molar-refractivity contribution is 0.110. The van der Waals surface area contributed by atoms with Gasteiger partial charge in [0, 0.05) is 28.9 Å². The van der Waals surface area contributed by atoms with Crippen molar-refractivity contribution in [2.75, 3.05) is 19.0 Å². The maximum atomic E-state index is 5.55. The normalized spacial score (nSPS) is 14.6. The lowest BCUT2D eigenvalue weighted by atomic mass is 10.0. The van der Waals surface area contributed by atoms with Crippen LogP contribution in [0.25, 0.3) is 10.9 Å². The summed E-state index contributed by atoms with van der Waals surface area (Å²) >= 11 is 3.57. The Morgan fingerprint density at radius 1 is 1.39 bits per heavy atom. The number of pyridine rings is 1. The topological polar surface area (TPSA) is 34.2 Å². The second-order valence-corrected chi connectivity index (χ2v) is 5.39. The SMILES string of the molecule is CNc1c2c(nc3c(C)c(Br)ccc13)CCOC2. The van der Waals surface area contributed by atoms with Crippen molar-refractivity contribution in [1.82, 2.24) is 4.98 Å². The van der Waals surface area contributed by atoms with Gasteiger partial charge in [0.2, 0.25) is 0 Å². The van der Waals surface area contributed by atoms with Crippen LogP contribution >= 0.6 is 15.9 Å². The summed E-state index contributed by atoms with van der Waals surface area (Å²) < 4.78 is 6.66. The van der Waals surface area contributed by atoms with E-state index in [0.717, 1.165) is 28.7 Å². The van der Waals surface area contributed by atoms with E-state index in [-0.39, 0.29) is 0 Å². The van der Waals surface area contributed by atoms with Crippen molar-refractivity contribution in [3.63, 3.8) is 0 Å². The zero-order valence-electron chi connectivity index (χ0n) is 10.5. The molecule has 0 saturated heterocycles. The van der Waals surface area contributed by atoms with E-state index < -0.39 is 0 Å². The predicted molar refractivity (Wildman–Crippen MR) is 77.1 cm³/mol. The minimum atomic E-state index is 0.656. The molecule has 94 valence electrons. The highest BCUT2D eigenvalue weighted by Crippen LogP contribution is 2.34. The standard InChI is InChI=1S/C14H15BrN2O/c1-8-11(15)4-3-9-13(8)17-12-5-6-18-7-10(12)14(9)16-2/h3-4H,5-7H2,1-2H3,(H,16,17). The van der Waals surface area contributed by atoms with Gasteiger partial charge in [0.15, 0.2) is 0 Å². The Kier molecular flexibility index (Phi) is 2.99. The summed E-state index contributed by atoms with van der Waals surface area (Å²) in [5, 5.41) is 4.48. The Bertz CT molecular complexity index is 625. The number of nitrogens with one attached hydrogen (secondary N) is 1. The Morgan fingerprint density at radius 2 is 2.22 bits per heavy atom. The van der Waals surface area contributed by atoms with E-state index >= 15 is 0 Å². The number of hydrogen-bond donors (Lipinski definition) is 1. The summed E-state index contributed by atoms with van der Waals surface area (Å²) in [5.41, 5.74) is 5.80. The molecule has 0 atom stereocenters. The number of nitrogens with zero attached hydrogens (tertiary/aromatic N) is 1. The monoisotopic (exact) mass is 306 g/mol. The van der Waals surface area contributed by atoms with E-state index in [1.54, 1.807) is 0 Å². The highest BCUT2D eigenvalue weighted by atomic mass is 79.9. The molecule has 0 spiro atoms. The summed E-state index contributed by atoms with van der Waals surface area (Å²) in [6.07, 6.45) is 0.895. The minimum Gasteiger partial charge on any atom is -0.387 e. The van der Waals surface area contributed by atoms with Crippen LogP contribution < -0.4 is 5.32 Å². The molecule has 1 aliphatic heterocycles. The van der Waals surface area contributed by atoms with E-state index in [1.807, 2.05) is 7.05 Å². The fourth-order valence-electron chi connectivity index (χ4n) is 2.52. The van der Waals surface area contributed by atoms with Gasteiger partial charge in [0.25, 0.3) is 0 Å². The fraction of sp³-hybridized carbons (Fsp3) is 0.357. The Balaban J connectivity index is 2.40. The predicted octanol–water partition coefficient (Wildman–Crippen LogP) is 3.42. The lowest BCUT2D eigenvalue weighted by Gasteiger charge is -2.21. The van der Waals surface area contributed by atoms with Gasteiger partial charge in [-0.25, -0.2) is 0 Å². The molecule has 1 N–H and O–H groups in total. The fourth-order valence-corrected chi connectivity index (χ4v) is 2.84. The smallest absolute Gasteiger partial charge is 0.0766 e. The van der Waals surface area contributed by atoms with Crippen LogP contribution in [0, 0.1) is 6.92 Å². The van der Waals surface area contributed by atoms with Crippen LogP contribution in [0.3, 0.4) is 0 Å². The van der Waals surface area contributed by atoms with Gasteiger partial charge in [0.1, 0.15) is 0 Å². The Labute approximate surface area is 115 Å². The zero-order valence-corrected chi connectivity index (χ0v) is 12.1. The third kappa shape index (κ3) is 1.71. The van der Waals surface area contributed by atoms with Gasteiger partial charge >= 0.3 is 0 Å². The van der Waals surface area contributed by atoms with Crippen molar-refractivity contribution in [1.29, 1.82) is 0 Å². The van der Waals surface area contributed by atoms with Crippen LogP contribution in [0.15, 0.2) is 16.6 Å². The summed E-state index contributed by atoms with van der Waals surface area (Å²) in [6, 6.07) is 4.19. The number of aryl methyl sites for hydroxylation is 1. The molecule has 0 aliphatic carbocycles. The van der Waals surface area contributed by atoms with E-state index in [2.05, 4.69) is 40.3 Å². The number of halogens is 1. The molecule has 1 aromatic heterocycles. The molecule has 1 aliphatic rings. The zero-order chi connectivity index (χ0) is 12.7. The Morgan fingerprint density at radius 3 is 3.00 bits per heavy atom. The highest BCUT2D eigenvalue weighted by molar-refractivity contribution is 9.10. The molecule has 3 rings (SSSR count). The molecule has 2 aromatic rings. The number of anilines is 1. The van der Waals surface area contributed by atoms with Crippen molar-refractivity contribution in [3.8, 4) is 0 Å². The molecule has 0 amide bonds. The number of benzene rings is 1. The van der Waals surface area contributed by atoms with Gasteiger partial charge in [-0.2, -0.15) is 0 Å². The van der Waals surface area contributed by atoms with Crippen molar-refractivity contribution < 1.29 is 4.74 Å². The molecule has 0 unspecified atom stereocenters. The first-order chi connectivity index (χ1) is 8.72. The van der Waals surface area contributed by atoms with Crippen molar-refractivity contribution in [3.05, 3.63) is 33.4 Å². The van der Waals surface area contributed by atoms with Crippen molar-refractivity contribution in [2.45, 2.75) is 20.0 Å². The molecule has 3 nitrogen and oxygen atoms in total. The summed E-state index contributed by atoms with van der Waals surface area (Å²) in [7, 11) is 1.96. The van der Waals surface area contributed by atoms with Gasteiger partial charge in [-0.05, 0) is 24.6 Å². The molecule has 1 aromatic carbocycles. The quantitative estimate of drug-likeness (QED) is 0.876. The highest BCUT2D eigenvalue weighted by Gasteiger charge is 2.19. The molecule has 0 radical (unpaired) electrons. The first-order valence-electron chi connectivity index (χ1n) is 6.08. The van der Waals surface area contributed by atoms with E-state index in [1.165, 1.54) is 22.2 Å².